The van der Waals surface area contributed by atoms with Crippen molar-refractivity contribution in [1.82, 2.24) is 10.3 Å². The minimum Gasteiger partial charge on any atom is -0.396 e. The third-order valence-corrected chi connectivity index (χ3v) is 3.40. The average Bonchev–Trinajstić information content (AvgIpc) is 2.68. The molecule has 0 saturated carbocycles. The predicted molar refractivity (Wildman–Crippen MR) is 59.4 cm³/mol. The molecule has 0 bridgehead atoms. The van der Waals surface area contributed by atoms with Crippen LogP contribution < -0.4 is 5.32 Å². The van der Waals surface area contributed by atoms with Gasteiger partial charge in [-0.2, -0.15) is 0 Å². The molecule has 1 unspecified atom stereocenters. The first-order valence-electron chi connectivity index (χ1n) is 4.93. The standard InChI is InChI=1S/C10H18N2OS/c1-3-10(2,4-5-13)12-7-9-6-11-8-14-9/h6,8,12-13H,3-5,7H2,1-2H3. The summed E-state index contributed by atoms with van der Waals surface area (Å²) in [6.45, 7) is 5.36. The molecule has 0 aliphatic heterocycles. The van der Waals surface area contributed by atoms with Crippen LogP contribution >= 0.6 is 11.3 Å². The quantitative estimate of drug-likeness (QED) is 0.759. The summed E-state index contributed by atoms with van der Waals surface area (Å²) in [6.07, 6.45) is 3.70. The summed E-state index contributed by atoms with van der Waals surface area (Å²) in [7, 11) is 0. The Labute approximate surface area is 89.2 Å². The highest BCUT2D eigenvalue weighted by Crippen LogP contribution is 2.15. The fraction of sp³-hybridized carbons (Fsp3) is 0.700. The van der Waals surface area contributed by atoms with Crippen molar-refractivity contribution in [2.24, 2.45) is 0 Å². The zero-order valence-corrected chi connectivity index (χ0v) is 9.60. The van der Waals surface area contributed by atoms with Crippen LogP contribution in [0.3, 0.4) is 0 Å². The van der Waals surface area contributed by atoms with Crippen molar-refractivity contribution in [3.8, 4) is 0 Å². The van der Waals surface area contributed by atoms with Gasteiger partial charge in [0.1, 0.15) is 0 Å². The Morgan fingerprint density at radius 2 is 2.43 bits per heavy atom. The van der Waals surface area contributed by atoms with Gasteiger partial charge in [-0.15, -0.1) is 11.3 Å². The van der Waals surface area contributed by atoms with Crippen LogP contribution in [0.15, 0.2) is 11.7 Å². The lowest BCUT2D eigenvalue weighted by molar-refractivity contribution is 0.215. The summed E-state index contributed by atoms with van der Waals surface area (Å²) in [5, 5.41) is 12.4. The number of hydrogen-bond acceptors (Lipinski definition) is 4. The van der Waals surface area contributed by atoms with E-state index in [-0.39, 0.29) is 12.1 Å². The number of aliphatic hydroxyl groups is 1. The van der Waals surface area contributed by atoms with E-state index in [1.165, 1.54) is 4.88 Å². The van der Waals surface area contributed by atoms with Crippen LogP contribution in [0.25, 0.3) is 0 Å². The van der Waals surface area contributed by atoms with Crippen molar-refractivity contribution in [3.05, 3.63) is 16.6 Å². The van der Waals surface area contributed by atoms with Crippen molar-refractivity contribution in [2.75, 3.05) is 6.61 Å². The van der Waals surface area contributed by atoms with E-state index in [2.05, 4.69) is 24.1 Å². The lowest BCUT2D eigenvalue weighted by Gasteiger charge is -2.28. The van der Waals surface area contributed by atoms with E-state index < -0.39 is 0 Å². The van der Waals surface area contributed by atoms with Crippen LogP contribution in [0, 0.1) is 0 Å². The zero-order chi connectivity index (χ0) is 10.4. The van der Waals surface area contributed by atoms with E-state index in [9.17, 15) is 0 Å². The average molecular weight is 214 g/mol. The molecule has 0 aromatic carbocycles. The molecule has 14 heavy (non-hydrogen) atoms. The maximum absolute atomic E-state index is 8.94. The molecule has 80 valence electrons. The molecule has 1 aromatic heterocycles. The molecule has 0 aliphatic carbocycles. The summed E-state index contributed by atoms with van der Waals surface area (Å²) in [5.41, 5.74) is 1.88. The van der Waals surface area contributed by atoms with Crippen molar-refractivity contribution < 1.29 is 5.11 Å². The summed E-state index contributed by atoms with van der Waals surface area (Å²) in [5.74, 6) is 0. The van der Waals surface area contributed by atoms with E-state index in [1.54, 1.807) is 11.3 Å². The molecule has 0 spiro atoms. The van der Waals surface area contributed by atoms with Crippen molar-refractivity contribution in [1.29, 1.82) is 0 Å². The fourth-order valence-corrected chi connectivity index (χ4v) is 1.80. The third-order valence-electron chi connectivity index (χ3n) is 2.62. The number of nitrogens with zero attached hydrogens (tertiary/aromatic N) is 1. The minimum atomic E-state index is 0.0404. The van der Waals surface area contributed by atoms with Crippen LogP contribution in [-0.2, 0) is 6.54 Å². The molecular formula is C10H18N2OS. The molecule has 0 amide bonds. The Balaban J connectivity index is 2.41. The van der Waals surface area contributed by atoms with Gasteiger partial charge in [-0.25, -0.2) is 0 Å². The minimum absolute atomic E-state index is 0.0404. The van der Waals surface area contributed by atoms with Crippen LogP contribution in [0.5, 0.6) is 0 Å². The van der Waals surface area contributed by atoms with Crippen molar-refractivity contribution in [2.45, 2.75) is 38.8 Å². The summed E-state index contributed by atoms with van der Waals surface area (Å²) in [6, 6.07) is 0. The largest absolute Gasteiger partial charge is 0.396 e. The molecule has 0 aliphatic rings. The van der Waals surface area contributed by atoms with Gasteiger partial charge in [-0.05, 0) is 19.8 Å². The molecule has 1 rings (SSSR count). The number of rotatable bonds is 6. The monoisotopic (exact) mass is 214 g/mol. The second kappa shape index (κ2) is 5.44. The van der Waals surface area contributed by atoms with Gasteiger partial charge in [0.15, 0.2) is 0 Å². The highest BCUT2D eigenvalue weighted by atomic mass is 32.1. The number of aromatic nitrogens is 1. The predicted octanol–water partition coefficient (Wildman–Crippen LogP) is 1.78. The SMILES string of the molecule is CCC(C)(CCO)NCc1cncs1. The normalized spacial score (nSPS) is 15.4. The van der Waals surface area contributed by atoms with Gasteiger partial charge in [-0.3, -0.25) is 4.98 Å². The van der Waals surface area contributed by atoms with Gasteiger partial charge in [0, 0.05) is 29.8 Å². The van der Waals surface area contributed by atoms with Gasteiger partial charge in [0.25, 0.3) is 0 Å². The summed E-state index contributed by atoms with van der Waals surface area (Å²) >= 11 is 1.66. The number of thiazole rings is 1. The number of nitrogens with one attached hydrogen (secondary N) is 1. The molecular weight excluding hydrogens is 196 g/mol. The highest BCUT2D eigenvalue weighted by Gasteiger charge is 2.20. The maximum Gasteiger partial charge on any atom is 0.0794 e. The second-order valence-electron chi connectivity index (χ2n) is 3.71. The third kappa shape index (κ3) is 3.36. The van der Waals surface area contributed by atoms with Crippen LogP contribution in [0.2, 0.25) is 0 Å². The number of aliphatic hydroxyl groups excluding tert-OH is 1. The molecule has 1 atom stereocenters. The van der Waals surface area contributed by atoms with Crippen LogP contribution in [0.1, 0.15) is 31.6 Å². The Morgan fingerprint density at radius 1 is 1.64 bits per heavy atom. The Morgan fingerprint density at radius 3 is 2.93 bits per heavy atom. The van der Waals surface area contributed by atoms with Crippen molar-refractivity contribution >= 4 is 11.3 Å². The van der Waals surface area contributed by atoms with Gasteiger partial charge in [0.05, 0.1) is 5.51 Å². The Kier molecular flexibility index (Phi) is 4.51. The fourth-order valence-electron chi connectivity index (χ4n) is 1.27. The van der Waals surface area contributed by atoms with Gasteiger partial charge in [0.2, 0.25) is 0 Å². The van der Waals surface area contributed by atoms with E-state index in [1.807, 2.05) is 11.7 Å². The first-order valence-corrected chi connectivity index (χ1v) is 5.81. The first kappa shape index (κ1) is 11.6. The Hall–Kier alpha value is -0.450. The van der Waals surface area contributed by atoms with E-state index >= 15 is 0 Å². The van der Waals surface area contributed by atoms with Gasteiger partial charge < -0.3 is 10.4 Å². The van der Waals surface area contributed by atoms with Crippen molar-refractivity contribution in [3.63, 3.8) is 0 Å². The Bertz CT molecular complexity index is 251. The molecule has 1 aromatic rings. The zero-order valence-electron chi connectivity index (χ0n) is 8.79. The lowest BCUT2D eigenvalue weighted by Crippen LogP contribution is -2.41. The smallest absolute Gasteiger partial charge is 0.0794 e. The summed E-state index contributed by atoms with van der Waals surface area (Å²) < 4.78 is 0. The molecule has 3 nitrogen and oxygen atoms in total. The van der Waals surface area contributed by atoms with E-state index in [0.717, 1.165) is 19.4 Å². The highest BCUT2D eigenvalue weighted by molar-refractivity contribution is 7.09. The molecule has 2 N–H and O–H groups in total. The van der Waals surface area contributed by atoms with Crippen LogP contribution in [-0.4, -0.2) is 22.2 Å². The molecule has 0 saturated heterocycles. The van der Waals surface area contributed by atoms with E-state index in [4.69, 9.17) is 5.11 Å². The van der Waals surface area contributed by atoms with E-state index in [0.29, 0.717) is 0 Å². The lowest BCUT2D eigenvalue weighted by atomic mass is 9.95. The second-order valence-corrected chi connectivity index (χ2v) is 4.68. The van der Waals surface area contributed by atoms with Crippen LogP contribution in [0.4, 0.5) is 0 Å². The molecule has 0 fully saturated rings. The molecule has 4 heteroatoms. The number of hydrogen-bond donors (Lipinski definition) is 2. The maximum atomic E-state index is 8.94. The topological polar surface area (TPSA) is 45.1 Å². The van der Waals surface area contributed by atoms with Gasteiger partial charge in [-0.1, -0.05) is 6.92 Å². The molecule has 0 radical (unpaired) electrons. The molecule has 1 heterocycles. The first-order chi connectivity index (χ1) is 6.70. The van der Waals surface area contributed by atoms with Gasteiger partial charge >= 0.3 is 0 Å². The summed E-state index contributed by atoms with van der Waals surface area (Å²) in [4.78, 5) is 5.26.